The predicted molar refractivity (Wildman–Crippen MR) is 99.8 cm³/mol. The van der Waals surface area contributed by atoms with Gasteiger partial charge < -0.3 is 10.1 Å². The zero-order valence-corrected chi connectivity index (χ0v) is 15.9. The van der Waals surface area contributed by atoms with Gasteiger partial charge in [0.15, 0.2) is 11.5 Å². The molecule has 29 heavy (non-hydrogen) atoms. The fourth-order valence-electron chi connectivity index (χ4n) is 3.45. The molecule has 4 N–H and O–H groups in total. The Kier molecular flexibility index (Phi) is 7.59. The number of carbonyl (C=O) groups excluding carboxylic acids is 3. The summed E-state index contributed by atoms with van der Waals surface area (Å²) in [5.41, 5.74) is 0.404. The molecule has 0 atom stereocenters. The topological polar surface area (TPSA) is 154 Å². The summed E-state index contributed by atoms with van der Waals surface area (Å²) >= 11 is 0. The van der Waals surface area contributed by atoms with E-state index in [1.165, 1.54) is 6.07 Å². The number of halogens is 1. The molecule has 0 aliphatic heterocycles. The monoisotopic (exact) mass is 410 g/mol. The van der Waals surface area contributed by atoms with Crippen molar-refractivity contribution >= 4 is 29.2 Å². The molecule has 1 aliphatic rings. The molecule has 2 amide bonds. The predicted octanol–water partition coefficient (Wildman–Crippen LogP) is 1.57. The maximum Gasteiger partial charge on any atom is 0.323 e. The van der Waals surface area contributed by atoms with Gasteiger partial charge in [0.1, 0.15) is 0 Å². The third kappa shape index (κ3) is 5.47. The number of nitrogens with two attached hydrogens (primary N) is 1. The van der Waals surface area contributed by atoms with Crippen LogP contribution in [0.3, 0.4) is 0 Å². The number of carbonyl (C=O) groups is 3. The Hall–Kier alpha value is -3.08. The molecule has 0 bridgehead atoms. The highest BCUT2D eigenvalue weighted by molar-refractivity contribution is 6.39. The van der Waals surface area contributed by atoms with Gasteiger partial charge >= 0.3 is 17.8 Å². The Labute approximate surface area is 166 Å². The van der Waals surface area contributed by atoms with Crippen LogP contribution in [0.2, 0.25) is 0 Å². The van der Waals surface area contributed by atoms with Crippen LogP contribution < -0.4 is 16.6 Å². The lowest BCUT2D eigenvalue weighted by molar-refractivity contribution is -0.384. The Morgan fingerprint density at radius 3 is 2.45 bits per heavy atom. The molecule has 10 nitrogen and oxygen atoms in total. The molecule has 0 aromatic heterocycles. The van der Waals surface area contributed by atoms with Crippen molar-refractivity contribution in [1.82, 2.24) is 5.43 Å². The van der Waals surface area contributed by atoms with Gasteiger partial charge in [-0.05, 0) is 56.6 Å². The van der Waals surface area contributed by atoms with Crippen LogP contribution in [0.15, 0.2) is 12.1 Å². The second-order valence-corrected chi connectivity index (χ2v) is 6.79. The number of ether oxygens (including phenoxy) is 1. The number of hydrazine groups is 1. The number of hydrogen-bond donors (Lipinski definition) is 3. The fraction of sp³-hybridized carbons (Fsp3) is 0.500. The average molecular weight is 410 g/mol. The van der Waals surface area contributed by atoms with Crippen LogP contribution in [0.1, 0.15) is 38.2 Å². The van der Waals surface area contributed by atoms with E-state index in [0.717, 1.165) is 6.07 Å². The molecule has 1 fully saturated rings. The molecule has 0 saturated heterocycles. The van der Waals surface area contributed by atoms with Crippen LogP contribution in [0.25, 0.3) is 0 Å². The molecular weight excluding hydrogens is 387 g/mol. The molecule has 158 valence electrons. The summed E-state index contributed by atoms with van der Waals surface area (Å²) in [4.78, 5) is 45.1. The van der Waals surface area contributed by atoms with Gasteiger partial charge in [-0.25, -0.2) is 10.2 Å². The van der Waals surface area contributed by atoms with Gasteiger partial charge in [0.2, 0.25) is 0 Å². The number of esters is 1. The lowest BCUT2D eigenvalue weighted by atomic mass is 9.79. The summed E-state index contributed by atoms with van der Waals surface area (Å²) in [6, 6.07) is 2.38. The van der Waals surface area contributed by atoms with E-state index in [0.29, 0.717) is 32.3 Å². The zero-order chi connectivity index (χ0) is 21.6. The Morgan fingerprint density at radius 1 is 1.24 bits per heavy atom. The van der Waals surface area contributed by atoms with Crippen LogP contribution in [0.4, 0.5) is 15.8 Å². The summed E-state index contributed by atoms with van der Waals surface area (Å²) in [7, 11) is 0. The van der Waals surface area contributed by atoms with Crippen molar-refractivity contribution in [1.29, 1.82) is 0 Å². The van der Waals surface area contributed by atoms with Gasteiger partial charge in [-0.2, -0.15) is 0 Å². The zero-order valence-electron chi connectivity index (χ0n) is 15.9. The highest BCUT2D eigenvalue weighted by Crippen LogP contribution is 2.35. The SMILES string of the molecule is CCOC(=O)[C@H]1CC[C@H](Cc2ccc([N+](=O)[O-])c(NC(=O)C(=O)NN)c2F)CC1. The smallest absolute Gasteiger partial charge is 0.323 e. The number of benzene rings is 1. The number of nitrogens with one attached hydrogen (secondary N) is 2. The average Bonchev–Trinajstić information content (AvgIpc) is 2.70. The van der Waals surface area contributed by atoms with Crippen molar-refractivity contribution in [2.75, 3.05) is 11.9 Å². The van der Waals surface area contributed by atoms with Gasteiger partial charge in [-0.3, -0.25) is 29.9 Å². The van der Waals surface area contributed by atoms with Crippen molar-refractivity contribution in [3.63, 3.8) is 0 Å². The second kappa shape index (κ2) is 9.92. The summed E-state index contributed by atoms with van der Waals surface area (Å²) in [6.45, 7) is 2.07. The number of amides is 2. The van der Waals surface area contributed by atoms with E-state index in [2.05, 4.69) is 0 Å². The first-order valence-electron chi connectivity index (χ1n) is 9.22. The van der Waals surface area contributed by atoms with Crippen molar-refractivity contribution in [3.05, 3.63) is 33.6 Å². The number of nitro groups is 1. The van der Waals surface area contributed by atoms with E-state index in [4.69, 9.17) is 10.6 Å². The Bertz CT molecular complexity index is 808. The van der Waals surface area contributed by atoms with Gasteiger partial charge in [0.05, 0.1) is 17.4 Å². The molecule has 1 aromatic rings. The van der Waals surface area contributed by atoms with E-state index in [-0.39, 0.29) is 29.8 Å². The third-order valence-corrected chi connectivity index (χ3v) is 4.95. The minimum absolute atomic E-state index is 0.0764. The second-order valence-electron chi connectivity index (χ2n) is 6.79. The molecule has 11 heteroatoms. The van der Waals surface area contributed by atoms with Crippen molar-refractivity contribution in [2.45, 2.75) is 39.0 Å². The van der Waals surface area contributed by atoms with Crippen molar-refractivity contribution in [3.8, 4) is 0 Å². The van der Waals surface area contributed by atoms with Crippen LogP contribution in [0.5, 0.6) is 0 Å². The molecular formula is C18H23FN4O6. The summed E-state index contributed by atoms with van der Waals surface area (Å²) in [6.07, 6.45) is 2.89. The van der Waals surface area contributed by atoms with E-state index >= 15 is 0 Å². The van der Waals surface area contributed by atoms with E-state index < -0.39 is 33.9 Å². The Morgan fingerprint density at radius 2 is 1.90 bits per heavy atom. The fourth-order valence-corrected chi connectivity index (χ4v) is 3.45. The Balaban J connectivity index is 2.15. The van der Waals surface area contributed by atoms with Crippen molar-refractivity contribution < 1.29 is 28.4 Å². The number of rotatable bonds is 6. The molecule has 0 heterocycles. The summed E-state index contributed by atoms with van der Waals surface area (Å²) < 4.78 is 20.0. The van der Waals surface area contributed by atoms with E-state index in [1.54, 1.807) is 12.3 Å². The van der Waals surface area contributed by atoms with Gasteiger partial charge in [-0.1, -0.05) is 0 Å². The van der Waals surface area contributed by atoms with Crippen molar-refractivity contribution in [2.24, 2.45) is 17.7 Å². The highest BCUT2D eigenvalue weighted by atomic mass is 19.1. The normalized spacial score (nSPS) is 18.6. The van der Waals surface area contributed by atoms with Crippen LogP contribution in [-0.2, 0) is 25.5 Å². The van der Waals surface area contributed by atoms with Gasteiger partial charge in [0.25, 0.3) is 5.69 Å². The summed E-state index contributed by atoms with van der Waals surface area (Å²) in [5, 5.41) is 13.1. The minimum Gasteiger partial charge on any atom is -0.466 e. The van der Waals surface area contributed by atoms with Crippen LogP contribution in [-0.4, -0.2) is 29.3 Å². The van der Waals surface area contributed by atoms with Gasteiger partial charge in [-0.15, -0.1) is 0 Å². The maximum absolute atomic E-state index is 14.9. The molecule has 0 unspecified atom stereocenters. The number of anilines is 1. The number of nitro benzene ring substituents is 1. The van der Waals surface area contributed by atoms with Gasteiger partial charge in [0, 0.05) is 6.07 Å². The minimum atomic E-state index is -1.32. The first-order valence-corrected chi connectivity index (χ1v) is 9.22. The third-order valence-electron chi connectivity index (χ3n) is 4.95. The van der Waals surface area contributed by atoms with Crippen LogP contribution >= 0.6 is 0 Å². The lowest BCUT2D eigenvalue weighted by Crippen LogP contribution is -2.39. The van der Waals surface area contributed by atoms with E-state index in [9.17, 15) is 28.9 Å². The first-order chi connectivity index (χ1) is 13.8. The number of nitrogens with zero attached hydrogens (tertiary/aromatic N) is 1. The lowest BCUT2D eigenvalue weighted by Gasteiger charge is -2.27. The highest BCUT2D eigenvalue weighted by Gasteiger charge is 2.30. The molecule has 1 aromatic carbocycles. The maximum atomic E-state index is 14.9. The largest absolute Gasteiger partial charge is 0.466 e. The molecule has 2 rings (SSSR count). The molecule has 1 saturated carbocycles. The first kappa shape index (κ1) is 22.2. The standard InChI is InChI=1S/C18H23FN4O6/c1-2-29-18(26)11-5-3-10(4-6-11)9-12-7-8-13(23(27)28)15(14(12)19)21-16(24)17(25)22-20/h7-8,10-11H,2-6,9,20H2,1H3,(H,21,24)(H,22,25)/t10-,11-. The quantitative estimate of drug-likeness (QED) is 0.161. The van der Waals surface area contributed by atoms with Crippen LogP contribution in [0, 0.1) is 27.8 Å². The number of hydrogen-bond acceptors (Lipinski definition) is 7. The molecule has 0 spiro atoms. The summed E-state index contributed by atoms with van der Waals surface area (Å²) in [5.74, 6) is 0.979. The molecule has 1 aliphatic carbocycles. The van der Waals surface area contributed by atoms with E-state index in [1.807, 2.05) is 5.32 Å². The molecule has 0 radical (unpaired) electrons.